The van der Waals surface area contributed by atoms with Crippen LogP contribution < -0.4 is 5.32 Å². The molecule has 3 rings (SSSR count). The number of allylic oxidation sites excluding steroid dienone is 1. The van der Waals surface area contributed by atoms with E-state index in [1.807, 2.05) is 13.0 Å². The smallest absolute Gasteiger partial charge is 0.300 e. The van der Waals surface area contributed by atoms with E-state index in [2.05, 4.69) is 10.3 Å². The van der Waals surface area contributed by atoms with Gasteiger partial charge in [0.2, 0.25) is 0 Å². The molecule has 2 heterocycles. The second-order valence-electron chi connectivity index (χ2n) is 7.35. The fraction of sp³-hybridized carbons (Fsp3) is 0.500. The number of amidine groups is 1. The number of alkyl halides is 6. The van der Waals surface area contributed by atoms with Crippen molar-refractivity contribution in [2.24, 2.45) is 10.9 Å². The number of nitrogens with one attached hydrogen (secondary N) is 1. The Morgan fingerprint density at radius 3 is 2.42 bits per heavy atom. The third-order valence-corrected chi connectivity index (χ3v) is 5.97. The Kier molecular flexibility index (Phi) is 7.04. The Labute approximate surface area is 179 Å². The number of thioether (sulfide) groups is 1. The minimum Gasteiger partial charge on any atom is -0.300 e. The van der Waals surface area contributed by atoms with E-state index in [1.54, 1.807) is 4.90 Å². The maximum Gasteiger partial charge on any atom is 0.416 e. The summed E-state index contributed by atoms with van der Waals surface area (Å²) in [7, 11) is 0. The molecule has 170 valence electrons. The van der Waals surface area contributed by atoms with Crippen molar-refractivity contribution < 1.29 is 31.1 Å². The first-order valence-corrected chi connectivity index (χ1v) is 10.5. The standard InChI is InChI=1S/C20H21F6N3OS/c1-2-27-17-16(31-18(30)28-17)9-12-5-7-29(8-6-12)11-13-3-4-14(19(21,22)23)10-15(13)20(24,25)26/h3-4,9-10,12H,2,5-8,11H2,1H3,(H,27,28,30). The van der Waals surface area contributed by atoms with Gasteiger partial charge in [0, 0.05) is 13.1 Å². The van der Waals surface area contributed by atoms with E-state index in [4.69, 9.17) is 0 Å². The molecule has 0 atom stereocenters. The van der Waals surface area contributed by atoms with Crippen LogP contribution in [0.25, 0.3) is 0 Å². The van der Waals surface area contributed by atoms with Gasteiger partial charge in [0.1, 0.15) is 5.84 Å². The lowest BCUT2D eigenvalue weighted by Crippen LogP contribution is -2.33. The molecule has 1 amide bonds. The summed E-state index contributed by atoms with van der Waals surface area (Å²) >= 11 is 1.07. The Balaban J connectivity index is 1.68. The van der Waals surface area contributed by atoms with E-state index in [0.29, 0.717) is 44.4 Å². The molecule has 2 aliphatic heterocycles. The summed E-state index contributed by atoms with van der Waals surface area (Å²) < 4.78 is 78.6. The molecule has 0 spiro atoms. The molecule has 11 heteroatoms. The molecule has 0 aliphatic carbocycles. The topological polar surface area (TPSA) is 44.7 Å². The molecule has 0 bridgehead atoms. The number of piperidine rings is 1. The number of nitrogens with zero attached hydrogens (tertiary/aromatic N) is 2. The average Bonchev–Trinajstić information content (AvgIpc) is 3.01. The average molecular weight is 465 g/mol. The number of likely N-dealkylation sites (tertiary alicyclic amines) is 1. The van der Waals surface area contributed by atoms with Gasteiger partial charge in [-0.2, -0.15) is 26.3 Å². The number of carbonyl (C=O) groups excluding carboxylic acids is 1. The molecule has 0 radical (unpaired) electrons. The van der Waals surface area contributed by atoms with Gasteiger partial charge in [-0.3, -0.25) is 14.7 Å². The number of carbonyl (C=O) groups is 1. The summed E-state index contributed by atoms with van der Waals surface area (Å²) in [5.74, 6) is 0.683. The molecule has 0 saturated carbocycles. The van der Waals surface area contributed by atoms with E-state index in [0.717, 1.165) is 22.7 Å². The molecule has 2 saturated heterocycles. The summed E-state index contributed by atoms with van der Waals surface area (Å²) in [5.41, 5.74) is -2.73. The van der Waals surface area contributed by atoms with Gasteiger partial charge in [-0.15, -0.1) is 0 Å². The molecule has 1 N–H and O–H groups in total. The highest BCUT2D eigenvalue weighted by molar-refractivity contribution is 8.18. The fourth-order valence-electron chi connectivity index (χ4n) is 3.61. The number of aliphatic imine (C=N–C) groups is 1. The van der Waals surface area contributed by atoms with Crippen molar-refractivity contribution in [3.05, 3.63) is 45.9 Å². The van der Waals surface area contributed by atoms with Gasteiger partial charge in [0.05, 0.1) is 16.0 Å². The third-order valence-electron chi connectivity index (χ3n) is 5.13. The van der Waals surface area contributed by atoms with Crippen molar-refractivity contribution in [3.8, 4) is 0 Å². The van der Waals surface area contributed by atoms with E-state index in [9.17, 15) is 31.1 Å². The van der Waals surface area contributed by atoms with Gasteiger partial charge in [-0.25, -0.2) is 0 Å². The van der Waals surface area contributed by atoms with Crippen LogP contribution in [0.2, 0.25) is 0 Å². The first-order valence-electron chi connectivity index (χ1n) is 9.72. The second-order valence-corrected chi connectivity index (χ2v) is 8.36. The van der Waals surface area contributed by atoms with Crippen LogP contribution in [0.1, 0.15) is 36.5 Å². The first-order chi connectivity index (χ1) is 14.5. The molecular weight excluding hydrogens is 444 g/mol. The predicted octanol–water partition coefficient (Wildman–Crippen LogP) is 5.69. The van der Waals surface area contributed by atoms with Crippen LogP contribution in [0.4, 0.5) is 31.1 Å². The monoisotopic (exact) mass is 465 g/mol. The van der Waals surface area contributed by atoms with Gasteiger partial charge >= 0.3 is 12.4 Å². The number of rotatable bonds is 4. The second kappa shape index (κ2) is 9.23. The maximum atomic E-state index is 13.4. The summed E-state index contributed by atoms with van der Waals surface area (Å²) in [6.07, 6.45) is -6.40. The number of hydrogen-bond acceptors (Lipinski definition) is 4. The van der Waals surface area contributed by atoms with Crippen LogP contribution in [0.3, 0.4) is 0 Å². The number of halogens is 6. The van der Waals surface area contributed by atoms with Crippen LogP contribution in [-0.2, 0) is 18.9 Å². The van der Waals surface area contributed by atoms with E-state index in [1.165, 1.54) is 0 Å². The van der Waals surface area contributed by atoms with Gasteiger partial charge in [-0.05, 0) is 68.2 Å². The Bertz CT molecular complexity index is 886. The Morgan fingerprint density at radius 1 is 1.16 bits per heavy atom. The Hall–Kier alpha value is -2.01. The summed E-state index contributed by atoms with van der Waals surface area (Å²) in [6, 6.07) is 1.79. The van der Waals surface area contributed by atoms with Gasteiger partial charge in [0.15, 0.2) is 0 Å². The highest BCUT2D eigenvalue weighted by Crippen LogP contribution is 2.38. The first kappa shape index (κ1) is 23.6. The zero-order valence-electron chi connectivity index (χ0n) is 16.6. The van der Waals surface area contributed by atoms with Crippen molar-refractivity contribution in [2.45, 2.75) is 38.7 Å². The van der Waals surface area contributed by atoms with Crippen LogP contribution in [-0.4, -0.2) is 35.6 Å². The number of hydrogen-bond donors (Lipinski definition) is 1. The predicted molar refractivity (Wildman–Crippen MR) is 107 cm³/mol. The normalized spacial score (nSPS) is 21.8. The zero-order valence-corrected chi connectivity index (χ0v) is 17.4. The van der Waals surface area contributed by atoms with Crippen LogP contribution in [0.15, 0.2) is 34.2 Å². The molecular formula is C20H21F6N3OS. The molecule has 0 unspecified atom stereocenters. The summed E-state index contributed by atoms with van der Waals surface area (Å²) in [5, 5.41) is 2.48. The third kappa shape index (κ3) is 6.03. The zero-order chi connectivity index (χ0) is 22.8. The van der Waals surface area contributed by atoms with E-state index in [-0.39, 0.29) is 29.3 Å². The number of benzene rings is 1. The minimum absolute atomic E-state index is 0.0758. The maximum absolute atomic E-state index is 13.4. The molecule has 31 heavy (non-hydrogen) atoms. The van der Waals surface area contributed by atoms with Gasteiger partial charge in [-0.1, -0.05) is 12.1 Å². The Morgan fingerprint density at radius 2 is 1.84 bits per heavy atom. The molecule has 4 nitrogen and oxygen atoms in total. The van der Waals surface area contributed by atoms with Crippen molar-refractivity contribution in [3.63, 3.8) is 0 Å². The highest BCUT2D eigenvalue weighted by Gasteiger charge is 2.38. The molecule has 2 aliphatic rings. The summed E-state index contributed by atoms with van der Waals surface area (Å²) in [4.78, 5) is 18.4. The van der Waals surface area contributed by atoms with Crippen molar-refractivity contribution in [2.75, 3.05) is 19.6 Å². The van der Waals surface area contributed by atoms with Gasteiger partial charge in [0.25, 0.3) is 5.24 Å². The number of amides is 1. The van der Waals surface area contributed by atoms with E-state index >= 15 is 0 Å². The highest BCUT2D eigenvalue weighted by atomic mass is 32.2. The minimum atomic E-state index is -4.87. The fourth-order valence-corrected chi connectivity index (χ4v) is 4.43. The van der Waals surface area contributed by atoms with Gasteiger partial charge < -0.3 is 5.32 Å². The largest absolute Gasteiger partial charge is 0.416 e. The van der Waals surface area contributed by atoms with Crippen molar-refractivity contribution in [1.82, 2.24) is 10.2 Å². The lowest BCUT2D eigenvalue weighted by Gasteiger charge is -2.31. The SMILES string of the molecule is CCN=C1NC(=O)SC1=CC1CCN(Cc2ccc(C(F)(F)F)cc2C(F)(F)F)CC1. The quantitative estimate of drug-likeness (QED) is 0.581. The van der Waals surface area contributed by atoms with Crippen molar-refractivity contribution >= 4 is 22.8 Å². The molecule has 1 aromatic carbocycles. The lowest BCUT2D eigenvalue weighted by molar-refractivity contribution is -0.143. The molecule has 2 fully saturated rings. The lowest BCUT2D eigenvalue weighted by atomic mass is 9.95. The van der Waals surface area contributed by atoms with Crippen LogP contribution in [0, 0.1) is 5.92 Å². The molecule has 1 aromatic rings. The van der Waals surface area contributed by atoms with Crippen LogP contribution in [0.5, 0.6) is 0 Å². The molecule has 0 aromatic heterocycles. The summed E-state index contributed by atoms with van der Waals surface area (Å²) in [6.45, 7) is 3.31. The van der Waals surface area contributed by atoms with Crippen LogP contribution >= 0.6 is 11.8 Å². The van der Waals surface area contributed by atoms with E-state index < -0.39 is 23.5 Å². The van der Waals surface area contributed by atoms with Crippen molar-refractivity contribution in [1.29, 1.82) is 0 Å².